The highest BCUT2D eigenvalue weighted by Crippen LogP contribution is 2.13. The maximum Gasteiger partial charge on any atom is 0.318 e. The van der Waals surface area contributed by atoms with Crippen LogP contribution in [0.25, 0.3) is 0 Å². The molecule has 1 heterocycles. The molecule has 3 rings (SSSR count). The summed E-state index contributed by atoms with van der Waals surface area (Å²) in [6.45, 7) is 1.25. The fourth-order valence-electron chi connectivity index (χ4n) is 3.24. The van der Waals surface area contributed by atoms with Crippen molar-refractivity contribution in [2.45, 2.75) is 19.6 Å². The third-order valence-electron chi connectivity index (χ3n) is 5.03. The molecular formula is C25H28FN3O4. The van der Waals surface area contributed by atoms with Gasteiger partial charge in [-0.2, -0.15) is 0 Å². The number of methoxy groups -OCH3 is 1. The summed E-state index contributed by atoms with van der Waals surface area (Å²) in [5, 5.41) is 2.85. The Labute approximate surface area is 192 Å². The van der Waals surface area contributed by atoms with Crippen LogP contribution in [0.15, 0.2) is 77.4 Å². The maximum absolute atomic E-state index is 13.3. The van der Waals surface area contributed by atoms with Gasteiger partial charge >= 0.3 is 6.03 Å². The van der Waals surface area contributed by atoms with Crippen molar-refractivity contribution in [3.05, 3.63) is 95.7 Å². The Morgan fingerprint density at radius 3 is 2.36 bits per heavy atom. The number of benzene rings is 2. The molecule has 7 nitrogen and oxygen atoms in total. The van der Waals surface area contributed by atoms with Crippen molar-refractivity contribution >= 4 is 11.9 Å². The summed E-state index contributed by atoms with van der Waals surface area (Å²) >= 11 is 0. The number of nitrogens with one attached hydrogen (secondary N) is 1. The zero-order chi connectivity index (χ0) is 23.5. The number of halogens is 1. The van der Waals surface area contributed by atoms with E-state index >= 15 is 0 Å². The first-order valence-corrected chi connectivity index (χ1v) is 10.7. The lowest BCUT2D eigenvalue weighted by molar-refractivity contribution is -0.133. The summed E-state index contributed by atoms with van der Waals surface area (Å²) in [6, 6.07) is 18.7. The lowest BCUT2D eigenvalue weighted by Gasteiger charge is -2.27. The molecule has 0 bridgehead atoms. The third-order valence-corrected chi connectivity index (χ3v) is 5.03. The standard InChI is InChI=1S/C25H28FN3O4/c1-32-15-13-28(25(31)27-16-20-6-3-2-4-7-20)19-24(30)29(18-23-8-5-14-33-23)17-21-9-11-22(26)12-10-21/h2-12,14H,13,15-19H2,1H3,(H,27,31). The zero-order valence-electron chi connectivity index (χ0n) is 18.6. The molecule has 8 heteroatoms. The highest BCUT2D eigenvalue weighted by atomic mass is 19.1. The van der Waals surface area contributed by atoms with Gasteiger partial charge in [0.1, 0.15) is 18.1 Å². The first-order chi connectivity index (χ1) is 16.0. The minimum Gasteiger partial charge on any atom is -0.467 e. The summed E-state index contributed by atoms with van der Waals surface area (Å²) in [5.41, 5.74) is 1.73. The van der Waals surface area contributed by atoms with Crippen molar-refractivity contribution in [3.8, 4) is 0 Å². The van der Waals surface area contributed by atoms with Gasteiger partial charge in [0.2, 0.25) is 5.91 Å². The van der Waals surface area contributed by atoms with Crippen LogP contribution in [0.2, 0.25) is 0 Å². The molecule has 0 spiro atoms. The van der Waals surface area contributed by atoms with Gasteiger partial charge in [0.25, 0.3) is 0 Å². The summed E-state index contributed by atoms with van der Waals surface area (Å²) in [6.07, 6.45) is 1.54. The zero-order valence-corrected chi connectivity index (χ0v) is 18.6. The van der Waals surface area contributed by atoms with Crippen molar-refractivity contribution in [3.63, 3.8) is 0 Å². The number of carbonyl (C=O) groups excluding carboxylic acids is 2. The normalized spacial score (nSPS) is 10.6. The molecule has 3 amide bonds. The highest BCUT2D eigenvalue weighted by Gasteiger charge is 2.22. The van der Waals surface area contributed by atoms with E-state index in [9.17, 15) is 14.0 Å². The quantitative estimate of drug-likeness (QED) is 0.479. The Bertz CT molecular complexity index is 994. The minimum absolute atomic E-state index is 0.133. The monoisotopic (exact) mass is 453 g/mol. The Morgan fingerprint density at radius 1 is 0.939 bits per heavy atom. The van der Waals surface area contributed by atoms with E-state index in [1.807, 2.05) is 30.3 Å². The molecule has 0 unspecified atom stereocenters. The predicted molar refractivity (Wildman–Crippen MR) is 121 cm³/mol. The molecule has 2 aromatic carbocycles. The van der Waals surface area contributed by atoms with E-state index in [4.69, 9.17) is 9.15 Å². The van der Waals surface area contributed by atoms with Crippen molar-refractivity contribution in [1.29, 1.82) is 0 Å². The Morgan fingerprint density at radius 2 is 1.70 bits per heavy atom. The second-order valence-electron chi connectivity index (χ2n) is 7.51. The summed E-state index contributed by atoms with van der Waals surface area (Å²) in [5.74, 6) is 0.00705. The van der Waals surface area contributed by atoms with E-state index in [0.717, 1.165) is 11.1 Å². The number of rotatable bonds is 11. The van der Waals surface area contributed by atoms with Crippen molar-refractivity contribution in [2.24, 2.45) is 0 Å². The average Bonchev–Trinajstić information content (AvgIpc) is 3.35. The Balaban J connectivity index is 1.69. The molecule has 0 aliphatic rings. The number of furan rings is 1. The van der Waals surface area contributed by atoms with Crippen LogP contribution >= 0.6 is 0 Å². The minimum atomic E-state index is -0.357. The van der Waals surface area contributed by atoms with Crippen LogP contribution in [0.4, 0.5) is 9.18 Å². The highest BCUT2D eigenvalue weighted by molar-refractivity contribution is 5.84. The maximum atomic E-state index is 13.3. The lowest BCUT2D eigenvalue weighted by atomic mass is 10.2. The largest absolute Gasteiger partial charge is 0.467 e. The smallest absolute Gasteiger partial charge is 0.318 e. The number of hydrogen-bond donors (Lipinski definition) is 1. The molecule has 0 saturated carbocycles. The molecule has 0 atom stereocenters. The number of carbonyl (C=O) groups is 2. The van der Waals surface area contributed by atoms with Crippen LogP contribution in [0.5, 0.6) is 0 Å². The van der Waals surface area contributed by atoms with Gasteiger partial charge in [0.05, 0.1) is 19.4 Å². The van der Waals surface area contributed by atoms with Crippen molar-refractivity contribution < 1.29 is 23.1 Å². The number of hydrogen-bond acceptors (Lipinski definition) is 4. The second-order valence-corrected chi connectivity index (χ2v) is 7.51. The topological polar surface area (TPSA) is 75.0 Å². The van der Waals surface area contributed by atoms with Crippen LogP contribution in [-0.2, 0) is 29.2 Å². The molecule has 0 aliphatic carbocycles. The fourth-order valence-corrected chi connectivity index (χ4v) is 3.24. The molecule has 0 radical (unpaired) electrons. The third kappa shape index (κ3) is 7.76. The van der Waals surface area contributed by atoms with Gasteiger partial charge in [-0.3, -0.25) is 4.79 Å². The number of ether oxygens (including phenoxy) is 1. The van der Waals surface area contributed by atoms with Gasteiger partial charge in [-0.1, -0.05) is 42.5 Å². The van der Waals surface area contributed by atoms with Gasteiger partial charge in [-0.25, -0.2) is 9.18 Å². The van der Waals surface area contributed by atoms with E-state index < -0.39 is 0 Å². The van der Waals surface area contributed by atoms with E-state index in [1.54, 1.807) is 36.3 Å². The summed E-state index contributed by atoms with van der Waals surface area (Å²) in [7, 11) is 1.54. The van der Waals surface area contributed by atoms with E-state index in [2.05, 4.69) is 5.32 Å². The second kappa shape index (κ2) is 12.4. The van der Waals surface area contributed by atoms with Gasteiger partial charge < -0.3 is 24.3 Å². The van der Waals surface area contributed by atoms with E-state index in [0.29, 0.717) is 18.9 Å². The summed E-state index contributed by atoms with van der Waals surface area (Å²) in [4.78, 5) is 29.1. The van der Waals surface area contributed by atoms with Crippen LogP contribution < -0.4 is 5.32 Å². The van der Waals surface area contributed by atoms with Crippen molar-refractivity contribution in [1.82, 2.24) is 15.1 Å². The number of amides is 3. The molecule has 33 heavy (non-hydrogen) atoms. The van der Waals surface area contributed by atoms with Crippen LogP contribution in [0.3, 0.4) is 0 Å². The number of nitrogens with zero attached hydrogens (tertiary/aromatic N) is 2. The lowest BCUT2D eigenvalue weighted by Crippen LogP contribution is -2.47. The van der Waals surface area contributed by atoms with Gasteiger partial charge in [0, 0.05) is 26.7 Å². The van der Waals surface area contributed by atoms with E-state index in [1.165, 1.54) is 23.3 Å². The molecular weight excluding hydrogens is 425 g/mol. The summed E-state index contributed by atoms with van der Waals surface area (Å²) < 4.78 is 23.8. The van der Waals surface area contributed by atoms with E-state index in [-0.39, 0.29) is 43.9 Å². The first-order valence-electron chi connectivity index (χ1n) is 10.7. The molecule has 1 aromatic heterocycles. The molecule has 0 fully saturated rings. The van der Waals surface area contributed by atoms with Gasteiger partial charge in [0.15, 0.2) is 0 Å². The number of urea groups is 1. The Hall–Kier alpha value is -3.65. The molecule has 174 valence electrons. The Kier molecular flexibility index (Phi) is 9.02. The molecule has 0 saturated heterocycles. The SMILES string of the molecule is COCCN(CC(=O)N(Cc1ccc(F)cc1)Cc1ccco1)C(=O)NCc1ccccc1. The van der Waals surface area contributed by atoms with Gasteiger partial charge in [-0.05, 0) is 35.4 Å². The van der Waals surface area contributed by atoms with Gasteiger partial charge in [-0.15, -0.1) is 0 Å². The molecule has 3 aromatic rings. The predicted octanol–water partition coefficient (Wildman–Crippen LogP) is 3.81. The van der Waals surface area contributed by atoms with Crippen LogP contribution in [-0.4, -0.2) is 48.5 Å². The average molecular weight is 454 g/mol. The first kappa shape index (κ1) is 24.0. The fraction of sp³-hybridized carbons (Fsp3) is 0.280. The van der Waals surface area contributed by atoms with Crippen LogP contribution in [0, 0.1) is 5.82 Å². The van der Waals surface area contributed by atoms with Crippen LogP contribution in [0.1, 0.15) is 16.9 Å². The molecule has 0 aliphatic heterocycles. The molecule has 1 N–H and O–H groups in total. The van der Waals surface area contributed by atoms with Crippen molar-refractivity contribution in [2.75, 3.05) is 26.8 Å².